The second-order valence-corrected chi connectivity index (χ2v) is 5.67. The van der Waals surface area contributed by atoms with Crippen LogP contribution in [-0.4, -0.2) is 41.3 Å². The molecule has 0 unspecified atom stereocenters. The van der Waals surface area contributed by atoms with Gasteiger partial charge in [-0.25, -0.2) is 5.48 Å². The Hall–Kier alpha value is -2.57. The van der Waals surface area contributed by atoms with E-state index in [-0.39, 0.29) is 0 Å². The van der Waals surface area contributed by atoms with E-state index in [1.54, 1.807) is 11.6 Å². The van der Waals surface area contributed by atoms with Gasteiger partial charge in [0.05, 0.1) is 6.54 Å². The van der Waals surface area contributed by atoms with Crippen molar-refractivity contribution in [3.63, 3.8) is 0 Å². The lowest BCUT2D eigenvalue weighted by atomic mass is 10.2. The molecule has 2 rings (SSSR count). The van der Waals surface area contributed by atoms with Crippen LogP contribution in [0.4, 0.5) is 0 Å². The normalized spacial score (nSPS) is 11.2. The van der Waals surface area contributed by atoms with E-state index >= 15 is 0 Å². The molecule has 0 aliphatic rings. The fraction of sp³-hybridized carbons (Fsp3) is 0.278. The van der Waals surface area contributed by atoms with Gasteiger partial charge in [-0.05, 0) is 50.0 Å². The molecule has 2 N–H and O–H groups in total. The number of hydrogen-bond acceptors (Lipinski definition) is 4. The van der Waals surface area contributed by atoms with Gasteiger partial charge in [-0.1, -0.05) is 12.1 Å². The van der Waals surface area contributed by atoms with E-state index in [4.69, 9.17) is 9.94 Å². The lowest BCUT2D eigenvalue weighted by molar-refractivity contribution is -0.124. The van der Waals surface area contributed by atoms with Crippen LogP contribution in [0.2, 0.25) is 0 Å². The van der Waals surface area contributed by atoms with Gasteiger partial charge in [-0.3, -0.25) is 10.0 Å². The van der Waals surface area contributed by atoms with E-state index < -0.39 is 5.91 Å². The summed E-state index contributed by atoms with van der Waals surface area (Å²) in [6.07, 6.45) is 4.83. The zero-order valence-corrected chi connectivity index (χ0v) is 14.0. The van der Waals surface area contributed by atoms with E-state index in [1.807, 2.05) is 49.1 Å². The molecular weight excluding hydrogens is 306 g/mol. The third-order valence-corrected chi connectivity index (χ3v) is 3.40. The number of carbonyl (C=O) groups is 1. The molecule has 2 aromatic rings. The van der Waals surface area contributed by atoms with Gasteiger partial charge in [-0.15, -0.1) is 0 Å². The van der Waals surface area contributed by atoms with Gasteiger partial charge in [0.1, 0.15) is 12.4 Å². The molecule has 1 aromatic heterocycles. The summed E-state index contributed by atoms with van der Waals surface area (Å²) in [5, 5.41) is 8.49. The molecule has 1 aromatic carbocycles. The van der Waals surface area contributed by atoms with Crippen molar-refractivity contribution in [2.24, 2.45) is 0 Å². The number of aromatic nitrogens is 1. The first kappa shape index (κ1) is 17.8. The van der Waals surface area contributed by atoms with Gasteiger partial charge in [0.15, 0.2) is 0 Å². The second-order valence-electron chi connectivity index (χ2n) is 5.67. The number of hydrogen-bond donors (Lipinski definition) is 2. The molecule has 1 amide bonds. The molecule has 6 nitrogen and oxygen atoms in total. The van der Waals surface area contributed by atoms with Crippen LogP contribution in [0.5, 0.6) is 5.75 Å². The summed E-state index contributed by atoms with van der Waals surface area (Å²) in [5.41, 5.74) is 3.67. The Kier molecular flexibility index (Phi) is 6.60. The molecule has 0 spiro atoms. The number of rotatable bonds is 8. The molecule has 0 aliphatic carbocycles. The Labute approximate surface area is 141 Å². The van der Waals surface area contributed by atoms with Crippen LogP contribution in [0.15, 0.2) is 48.7 Å². The predicted molar refractivity (Wildman–Crippen MR) is 92.7 cm³/mol. The summed E-state index contributed by atoms with van der Waals surface area (Å²) in [7, 11) is 4.08. The molecule has 0 atom stereocenters. The molecule has 6 heteroatoms. The second kappa shape index (κ2) is 8.90. The molecule has 0 saturated heterocycles. The van der Waals surface area contributed by atoms with Gasteiger partial charge >= 0.3 is 0 Å². The van der Waals surface area contributed by atoms with Crippen molar-refractivity contribution in [1.29, 1.82) is 0 Å². The average Bonchev–Trinajstić information content (AvgIpc) is 3.01. The minimum atomic E-state index is -0.559. The smallest absolute Gasteiger partial charge is 0.267 e. The maximum atomic E-state index is 11.0. The van der Waals surface area contributed by atoms with Gasteiger partial charge in [0.25, 0.3) is 5.91 Å². The van der Waals surface area contributed by atoms with Crippen molar-refractivity contribution >= 4 is 12.0 Å². The number of hydroxylamine groups is 1. The number of nitrogens with one attached hydrogen (secondary N) is 1. The molecular formula is C18H23N3O3. The van der Waals surface area contributed by atoms with Crippen LogP contribution >= 0.6 is 0 Å². The molecule has 0 aliphatic heterocycles. The molecule has 128 valence electrons. The lowest BCUT2D eigenvalue weighted by Crippen LogP contribution is -2.15. The summed E-state index contributed by atoms with van der Waals surface area (Å²) < 4.78 is 7.74. The lowest BCUT2D eigenvalue weighted by Gasteiger charge is -2.11. The fourth-order valence-electron chi connectivity index (χ4n) is 2.30. The van der Waals surface area contributed by atoms with Crippen LogP contribution in [0.1, 0.15) is 11.3 Å². The topological polar surface area (TPSA) is 66.7 Å². The fourth-order valence-corrected chi connectivity index (χ4v) is 2.30. The number of nitrogens with zero attached hydrogens (tertiary/aromatic N) is 2. The Morgan fingerprint density at radius 2 is 2.04 bits per heavy atom. The van der Waals surface area contributed by atoms with Crippen LogP contribution < -0.4 is 10.2 Å². The standard InChI is InChI=1S/C18H23N3O3/c1-20(2)14-15-5-8-17(9-6-15)24-13-12-21-11-3-4-16(21)7-10-18(22)19-23/h3-11,23H,12-14H2,1-2H3,(H,19,22). The molecule has 0 bridgehead atoms. The van der Waals surface area contributed by atoms with Gasteiger partial charge in [0, 0.05) is 24.5 Å². The minimum absolute atomic E-state index is 0.523. The van der Waals surface area contributed by atoms with Crippen LogP contribution in [0, 0.1) is 0 Å². The number of amides is 1. The first-order valence-electron chi connectivity index (χ1n) is 7.72. The highest BCUT2D eigenvalue weighted by Gasteiger charge is 2.01. The molecule has 0 saturated carbocycles. The van der Waals surface area contributed by atoms with Crippen LogP contribution in [0.25, 0.3) is 6.08 Å². The Balaban J connectivity index is 1.85. The van der Waals surface area contributed by atoms with Crippen molar-refractivity contribution in [3.8, 4) is 5.75 Å². The van der Waals surface area contributed by atoms with Gasteiger partial charge in [-0.2, -0.15) is 0 Å². The van der Waals surface area contributed by atoms with Crippen molar-refractivity contribution in [2.75, 3.05) is 20.7 Å². The largest absolute Gasteiger partial charge is 0.492 e. The average molecular weight is 329 g/mol. The van der Waals surface area contributed by atoms with Crippen molar-refractivity contribution < 1.29 is 14.7 Å². The van der Waals surface area contributed by atoms with Crippen LogP contribution in [0.3, 0.4) is 0 Å². The Bertz CT molecular complexity index is 675. The van der Waals surface area contributed by atoms with E-state index in [9.17, 15) is 4.79 Å². The third kappa shape index (κ3) is 5.57. The first-order chi connectivity index (χ1) is 11.6. The first-order valence-corrected chi connectivity index (χ1v) is 7.72. The van der Waals surface area contributed by atoms with Crippen molar-refractivity contribution in [2.45, 2.75) is 13.1 Å². The quantitative estimate of drug-likeness (QED) is 0.442. The zero-order chi connectivity index (χ0) is 17.4. The summed E-state index contributed by atoms with van der Waals surface area (Å²) in [6, 6.07) is 11.9. The van der Waals surface area contributed by atoms with E-state index in [2.05, 4.69) is 17.0 Å². The molecule has 0 radical (unpaired) electrons. The van der Waals surface area contributed by atoms with Gasteiger partial charge < -0.3 is 14.2 Å². The Morgan fingerprint density at radius 3 is 2.71 bits per heavy atom. The third-order valence-electron chi connectivity index (χ3n) is 3.40. The highest BCUT2D eigenvalue weighted by molar-refractivity contribution is 5.90. The SMILES string of the molecule is CN(C)Cc1ccc(OCCn2cccc2C=CC(=O)NO)cc1. The van der Waals surface area contributed by atoms with E-state index in [0.29, 0.717) is 13.2 Å². The maximum Gasteiger partial charge on any atom is 0.267 e. The monoisotopic (exact) mass is 329 g/mol. The maximum absolute atomic E-state index is 11.0. The van der Waals surface area contributed by atoms with Crippen molar-refractivity contribution in [3.05, 3.63) is 59.9 Å². The van der Waals surface area contributed by atoms with Crippen LogP contribution in [-0.2, 0) is 17.9 Å². The summed E-state index contributed by atoms with van der Waals surface area (Å²) >= 11 is 0. The molecule has 0 fully saturated rings. The number of ether oxygens (including phenoxy) is 1. The Morgan fingerprint density at radius 1 is 1.29 bits per heavy atom. The van der Waals surface area contributed by atoms with E-state index in [0.717, 1.165) is 18.0 Å². The summed E-state index contributed by atoms with van der Waals surface area (Å²) in [6.45, 7) is 2.09. The molecule has 24 heavy (non-hydrogen) atoms. The summed E-state index contributed by atoms with van der Waals surface area (Å²) in [4.78, 5) is 13.1. The van der Waals surface area contributed by atoms with E-state index in [1.165, 1.54) is 11.6 Å². The molecule has 1 heterocycles. The number of carbonyl (C=O) groups excluding carboxylic acids is 1. The van der Waals surface area contributed by atoms with Crippen molar-refractivity contribution in [1.82, 2.24) is 14.9 Å². The highest BCUT2D eigenvalue weighted by Crippen LogP contribution is 2.13. The number of benzene rings is 1. The summed E-state index contributed by atoms with van der Waals surface area (Å²) in [5.74, 6) is 0.276. The zero-order valence-electron chi connectivity index (χ0n) is 14.0. The van der Waals surface area contributed by atoms with Gasteiger partial charge in [0.2, 0.25) is 0 Å². The highest BCUT2D eigenvalue weighted by atomic mass is 16.5. The minimum Gasteiger partial charge on any atom is -0.492 e. The predicted octanol–water partition coefficient (Wildman–Crippen LogP) is 2.15.